The van der Waals surface area contributed by atoms with Gasteiger partial charge in [0.25, 0.3) is 5.91 Å². The molecule has 20 heavy (non-hydrogen) atoms. The van der Waals surface area contributed by atoms with Gasteiger partial charge in [0.2, 0.25) is 0 Å². The molecule has 1 aromatic heterocycles. The van der Waals surface area contributed by atoms with Gasteiger partial charge in [0.1, 0.15) is 11.0 Å². The van der Waals surface area contributed by atoms with Crippen LogP contribution in [-0.4, -0.2) is 52.4 Å². The Kier molecular flexibility index (Phi) is 4.30. The zero-order valence-corrected chi connectivity index (χ0v) is 12.7. The Morgan fingerprint density at radius 2 is 1.90 bits per heavy atom. The number of rotatable bonds is 1. The monoisotopic (exact) mass is 299 g/mol. The van der Waals surface area contributed by atoms with E-state index in [0.29, 0.717) is 13.1 Å². The van der Waals surface area contributed by atoms with Crippen LogP contribution in [0.1, 0.15) is 31.1 Å². The van der Waals surface area contributed by atoms with Crippen molar-refractivity contribution in [1.29, 1.82) is 0 Å². The number of halogens is 2. The van der Waals surface area contributed by atoms with E-state index in [-0.39, 0.29) is 22.2 Å². The molecule has 1 aliphatic heterocycles. The fourth-order valence-corrected chi connectivity index (χ4v) is 2.51. The van der Waals surface area contributed by atoms with Crippen molar-refractivity contribution in [2.75, 3.05) is 26.2 Å². The topological polar surface area (TPSA) is 36.4 Å². The van der Waals surface area contributed by atoms with Crippen LogP contribution in [0.4, 0.5) is 4.39 Å². The molecule has 0 radical (unpaired) electrons. The van der Waals surface area contributed by atoms with Crippen LogP contribution in [-0.2, 0) is 0 Å². The summed E-state index contributed by atoms with van der Waals surface area (Å²) in [6, 6.07) is 1.15. The Morgan fingerprint density at radius 1 is 1.30 bits per heavy atom. The van der Waals surface area contributed by atoms with E-state index in [2.05, 4.69) is 30.7 Å². The maximum Gasteiger partial charge on any atom is 0.257 e. The molecule has 0 bridgehead atoms. The lowest BCUT2D eigenvalue weighted by atomic mass is 10.0. The molecule has 1 saturated heterocycles. The van der Waals surface area contributed by atoms with Crippen molar-refractivity contribution in [3.63, 3.8) is 0 Å². The summed E-state index contributed by atoms with van der Waals surface area (Å²) >= 11 is 5.88. The van der Waals surface area contributed by atoms with Gasteiger partial charge in [-0.15, -0.1) is 0 Å². The van der Waals surface area contributed by atoms with Crippen LogP contribution in [0.15, 0.2) is 12.3 Å². The molecule has 0 saturated carbocycles. The van der Waals surface area contributed by atoms with Crippen LogP contribution < -0.4 is 0 Å². The Morgan fingerprint density at radius 3 is 2.45 bits per heavy atom. The first-order valence-electron chi connectivity index (χ1n) is 6.64. The van der Waals surface area contributed by atoms with E-state index in [1.165, 1.54) is 0 Å². The van der Waals surface area contributed by atoms with Crippen LogP contribution in [0.25, 0.3) is 0 Å². The van der Waals surface area contributed by atoms with Gasteiger partial charge in [0.05, 0.1) is 11.8 Å². The van der Waals surface area contributed by atoms with E-state index < -0.39 is 5.82 Å². The predicted molar refractivity (Wildman–Crippen MR) is 76.4 cm³/mol. The standard InChI is InChI=1S/C14H19ClFN3O/c1-14(2,3)19-6-4-18(5-7-19)13(20)11-8-10(16)9-17-12(11)15/h8-9H,4-7H2,1-3H3. The maximum atomic E-state index is 13.2. The van der Waals surface area contributed by atoms with Gasteiger partial charge < -0.3 is 4.90 Å². The summed E-state index contributed by atoms with van der Waals surface area (Å²) in [4.78, 5) is 20.0. The van der Waals surface area contributed by atoms with E-state index in [1.54, 1.807) is 4.90 Å². The van der Waals surface area contributed by atoms with Crippen molar-refractivity contribution in [3.8, 4) is 0 Å². The van der Waals surface area contributed by atoms with Crippen LogP contribution in [0.2, 0.25) is 5.15 Å². The van der Waals surface area contributed by atoms with E-state index >= 15 is 0 Å². The Bertz CT molecular complexity index is 508. The largest absolute Gasteiger partial charge is 0.336 e. The molecule has 0 aliphatic carbocycles. The van der Waals surface area contributed by atoms with Gasteiger partial charge in [-0.2, -0.15) is 0 Å². The highest BCUT2D eigenvalue weighted by atomic mass is 35.5. The van der Waals surface area contributed by atoms with E-state index in [9.17, 15) is 9.18 Å². The number of hydrogen-bond acceptors (Lipinski definition) is 3. The molecule has 6 heteroatoms. The second-order valence-corrected chi connectivity index (χ2v) is 6.30. The van der Waals surface area contributed by atoms with Gasteiger partial charge >= 0.3 is 0 Å². The van der Waals surface area contributed by atoms with Gasteiger partial charge in [0, 0.05) is 31.7 Å². The third-order valence-corrected chi connectivity index (χ3v) is 3.85. The van der Waals surface area contributed by atoms with Crippen molar-refractivity contribution < 1.29 is 9.18 Å². The third-order valence-electron chi connectivity index (χ3n) is 3.55. The van der Waals surface area contributed by atoms with Gasteiger partial charge in [0.15, 0.2) is 0 Å². The smallest absolute Gasteiger partial charge is 0.257 e. The van der Waals surface area contributed by atoms with E-state index in [4.69, 9.17) is 11.6 Å². The van der Waals surface area contributed by atoms with Crippen molar-refractivity contribution in [2.24, 2.45) is 0 Å². The van der Waals surface area contributed by atoms with Crippen molar-refractivity contribution in [2.45, 2.75) is 26.3 Å². The molecule has 0 aromatic carbocycles. The molecule has 0 atom stereocenters. The van der Waals surface area contributed by atoms with Crippen LogP contribution >= 0.6 is 11.6 Å². The minimum Gasteiger partial charge on any atom is -0.336 e. The lowest BCUT2D eigenvalue weighted by molar-refractivity contribution is 0.0450. The first-order chi connectivity index (χ1) is 9.29. The molecular formula is C14H19ClFN3O. The Hall–Kier alpha value is -1.20. The van der Waals surface area contributed by atoms with E-state index in [1.807, 2.05) is 0 Å². The summed E-state index contributed by atoms with van der Waals surface area (Å²) in [6.45, 7) is 9.28. The number of piperazine rings is 1. The SMILES string of the molecule is CC(C)(C)N1CCN(C(=O)c2cc(F)cnc2Cl)CC1. The molecule has 2 rings (SSSR count). The normalized spacial score (nSPS) is 17.4. The zero-order valence-electron chi connectivity index (χ0n) is 12.0. The quantitative estimate of drug-likeness (QED) is 0.747. The number of nitrogens with zero attached hydrogens (tertiary/aromatic N) is 3. The summed E-state index contributed by atoms with van der Waals surface area (Å²) in [5.41, 5.74) is 0.226. The lowest BCUT2D eigenvalue weighted by Crippen LogP contribution is -2.54. The number of carbonyl (C=O) groups excluding carboxylic acids is 1. The van der Waals surface area contributed by atoms with Crippen LogP contribution in [0.5, 0.6) is 0 Å². The molecule has 0 spiro atoms. The predicted octanol–water partition coefficient (Wildman–Crippen LogP) is 2.43. The Labute approximate surface area is 123 Å². The number of amides is 1. The first kappa shape index (κ1) is 15.2. The number of carbonyl (C=O) groups is 1. The molecule has 1 aromatic rings. The molecule has 4 nitrogen and oxygen atoms in total. The van der Waals surface area contributed by atoms with Gasteiger partial charge in [-0.3, -0.25) is 9.69 Å². The molecule has 1 aliphatic rings. The van der Waals surface area contributed by atoms with Crippen molar-refractivity contribution >= 4 is 17.5 Å². The highest BCUT2D eigenvalue weighted by Gasteiger charge is 2.29. The molecule has 1 fully saturated rings. The van der Waals surface area contributed by atoms with Crippen LogP contribution in [0.3, 0.4) is 0 Å². The summed E-state index contributed by atoms with van der Waals surface area (Å²) < 4.78 is 13.2. The molecule has 1 amide bonds. The third kappa shape index (κ3) is 3.27. The van der Waals surface area contributed by atoms with Crippen LogP contribution in [0, 0.1) is 5.82 Å². The molecule has 0 N–H and O–H groups in total. The number of hydrogen-bond donors (Lipinski definition) is 0. The van der Waals surface area contributed by atoms with Gasteiger partial charge in [-0.05, 0) is 26.8 Å². The Balaban J connectivity index is 2.07. The molecular weight excluding hydrogens is 281 g/mol. The summed E-state index contributed by atoms with van der Waals surface area (Å²) in [7, 11) is 0. The molecule has 110 valence electrons. The summed E-state index contributed by atoms with van der Waals surface area (Å²) in [5.74, 6) is -0.804. The second kappa shape index (κ2) is 5.66. The highest BCUT2D eigenvalue weighted by Crippen LogP contribution is 2.20. The van der Waals surface area contributed by atoms with Crippen molar-refractivity contribution in [1.82, 2.24) is 14.8 Å². The summed E-state index contributed by atoms with van der Waals surface area (Å²) in [5, 5.41) is 0.0506. The van der Waals surface area contributed by atoms with E-state index in [0.717, 1.165) is 25.4 Å². The average Bonchev–Trinajstić information content (AvgIpc) is 2.40. The molecule has 2 heterocycles. The number of pyridine rings is 1. The first-order valence-corrected chi connectivity index (χ1v) is 7.02. The highest BCUT2D eigenvalue weighted by molar-refractivity contribution is 6.32. The van der Waals surface area contributed by atoms with Gasteiger partial charge in [-0.1, -0.05) is 11.6 Å². The summed E-state index contributed by atoms with van der Waals surface area (Å²) in [6.07, 6.45) is 1.01. The lowest BCUT2D eigenvalue weighted by Gasteiger charge is -2.42. The average molecular weight is 300 g/mol. The minimum absolute atomic E-state index is 0.0506. The van der Waals surface area contributed by atoms with Gasteiger partial charge in [-0.25, -0.2) is 9.37 Å². The van der Waals surface area contributed by atoms with Crippen molar-refractivity contribution in [3.05, 3.63) is 28.8 Å². The fraction of sp³-hybridized carbons (Fsp3) is 0.571. The molecule has 0 unspecified atom stereocenters. The second-order valence-electron chi connectivity index (χ2n) is 5.94. The minimum atomic E-state index is -0.550. The zero-order chi connectivity index (χ0) is 14.9. The number of aromatic nitrogens is 1. The fourth-order valence-electron chi connectivity index (χ4n) is 2.32. The maximum absolute atomic E-state index is 13.2.